The number of rotatable bonds is 4. The average molecular weight is 271 g/mol. The lowest BCUT2D eigenvalue weighted by Crippen LogP contribution is -2.28. The summed E-state index contributed by atoms with van der Waals surface area (Å²) < 4.78 is 0. The lowest BCUT2D eigenvalue weighted by Gasteiger charge is -2.08. The van der Waals surface area contributed by atoms with Crippen LogP contribution in [0.5, 0.6) is 0 Å². The summed E-state index contributed by atoms with van der Waals surface area (Å²) in [6.45, 7) is 2.26. The number of nitriles is 1. The SMILES string of the molecule is Cc1csc([C@@H](C#N)C(=O)NCc2ccccc2)n1. The quantitative estimate of drug-likeness (QED) is 0.928. The molecule has 5 heteroatoms. The van der Waals surface area contributed by atoms with Crippen LogP contribution in [0, 0.1) is 18.3 Å². The third-order valence-electron chi connectivity index (χ3n) is 2.58. The van der Waals surface area contributed by atoms with Crippen molar-refractivity contribution in [2.24, 2.45) is 0 Å². The minimum absolute atomic E-state index is 0.305. The molecule has 1 N–H and O–H groups in total. The Labute approximate surface area is 115 Å². The number of benzene rings is 1. The van der Waals surface area contributed by atoms with E-state index in [4.69, 9.17) is 5.26 Å². The zero-order valence-corrected chi connectivity index (χ0v) is 11.3. The van der Waals surface area contributed by atoms with Gasteiger partial charge in [0, 0.05) is 17.6 Å². The number of aryl methyl sites for hydroxylation is 1. The first-order chi connectivity index (χ1) is 9.20. The van der Waals surface area contributed by atoms with Crippen LogP contribution in [0.4, 0.5) is 0 Å². The molecule has 4 nitrogen and oxygen atoms in total. The van der Waals surface area contributed by atoms with E-state index >= 15 is 0 Å². The van der Waals surface area contributed by atoms with Gasteiger partial charge in [0.05, 0.1) is 6.07 Å². The number of nitrogens with one attached hydrogen (secondary N) is 1. The van der Waals surface area contributed by atoms with Crippen molar-refractivity contribution >= 4 is 17.2 Å². The molecule has 0 fully saturated rings. The fourth-order valence-electron chi connectivity index (χ4n) is 1.62. The number of carbonyl (C=O) groups is 1. The molecule has 96 valence electrons. The first-order valence-electron chi connectivity index (χ1n) is 5.84. The predicted molar refractivity (Wildman–Crippen MR) is 73.5 cm³/mol. The van der Waals surface area contributed by atoms with Crippen molar-refractivity contribution < 1.29 is 4.79 Å². The maximum absolute atomic E-state index is 12.0. The monoisotopic (exact) mass is 271 g/mol. The molecule has 0 radical (unpaired) electrons. The van der Waals surface area contributed by atoms with Crippen LogP contribution in [0.15, 0.2) is 35.7 Å². The van der Waals surface area contributed by atoms with Crippen molar-refractivity contribution in [3.63, 3.8) is 0 Å². The highest BCUT2D eigenvalue weighted by atomic mass is 32.1. The van der Waals surface area contributed by atoms with E-state index in [1.54, 1.807) is 0 Å². The van der Waals surface area contributed by atoms with Crippen LogP contribution < -0.4 is 5.32 Å². The highest BCUT2D eigenvalue weighted by Gasteiger charge is 2.22. The van der Waals surface area contributed by atoms with Gasteiger partial charge in [0.25, 0.3) is 0 Å². The van der Waals surface area contributed by atoms with Crippen LogP contribution in [0.25, 0.3) is 0 Å². The highest BCUT2D eigenvalue weighted by molar-refractivity contribution is 7.09. The summed E-state index contributed by atoms with van der Waals surface area (Å²) in [7, 11) is 0. The van der Waals surface area contributed by atoms with Gasteiger partial charge in [0.15, 0.2) is 5.92 Å². The van der Waals surface area contributed by atoms with Gasteiger partial charge in [-0.15, -0.1) is 11.3 Å². The highest BCUT2D eigenvalue weighted by Crippen LogP contribution is 2.19. The molecule has 1 aromatic carbocycles. The fourth-order valence-corrected chi connectivity index (χ4v) is 2.45. The number of hydrogen-bond acceptors (Lipinski definition) is 4. The molecule has 1 heterocycles. The van der Waals surface area contributed by atoms with Crippen molar-refractivity contribution in [3.05, 3.63) is 52.0 Å². The molecule has 0 bridgehead atoms. The molecule has 1 aromatic heterocycles. The molecular weight excluding hydrogens is 258 g/mol. The van der Waals surface area contributed by atoms with E-state index in [0.29, 0.717) is 11.6 Å². The third-order valence-corrected chi connectivity index (χ3v) is 3.61. The molecule has 0 spiro atoms. The van der Waals surface area contributed by atoms with Crippen molar-refractivity contribution in [1.82, 2.24) is 10.3 Å². The molecule has 0 saturated carbocycles. The molecule has 0 aliphatic heterocycles. The zero-order chi connectivity index (χ0) is 13.7. The number of hydrogen-bond donors (Lipinski definition) is 1. The van der Waals surface area contributed by atoms with Gasteiger partial charge in [0.2, 0.25) is 5.91 Å². The van der Waals surface area contributed by atoms with Crippen molar-refractivity contribution in [1.29, 1.82) is 5.26 Å². The lowest BCUT2D eigenvalue weighted by molar-refractivity contribution is -0.121. The smallest absolute Gasteiger partial charge is 0.244 e. The molecule has 1 atom stereocenters. The molecule has 1 amide bonds. The summed E-state index contributed by atoms with van der Waals surface area (Å²) in [5.41, 5.74) is 1.83. The Bertz CT molecular complexity index is 601. The van der Waals surface area contributed by atoms with Gasteiger partial charge in [-0.25, -0.2) is 4.98 Å². The Morgan fingerprint density at radius 3 is 2.79 bits per heavy atom. The van der Waals surface area contributed by atoms with Crippen molar-refractivity contribution in [3.8, 4) is 6.07 Å². The van der Waals surface area contributed by atoms with E-state index < -0.39 is 5.92 Å². The van der Waals surface area contributed by atoms with Gasteiger partial charge >= 0.3 is 0 Å². The Morgan fingerprint density at radius 1 is 1.47 bits per heavy atom. The number of thiazole rings is 1. The summed E-state index contributed by atoms with van der Waals surface area (Å²) in [5, 5.41) is 14.3. The van der Waals surface area contributed by atoms with E-state index in [9.17, 15) is 4.79 Å². The minimum Gasteiger partial charge on any atom is -0.351 e. The van der Waals surface area contributed by atoms with E-state index in [-0.39, 0.29) is 5.91 Å². The van der Waals surface area contributed by atoms with Crippen LogP contribution in [0.2, 0.25) is 0 Å². The summed E-state index contributed by atoms with van der Waals surface area (Å²) in [4.78, 5) is 16.2. The molecule has 2 rings (SSSR count). The standard InChI is InChI=1S/C14H13N3OS/c1-10-9-19-14(17-10)12(7-15)13(18)16-8-11-5-3-2-4-6-11/h2-6,9,12H,8H2,1H3,(H,16,18)/t12-/m0/s1. The van der Waals surface area contributed by atoms with E-state index in [2.05, 4.69) is 10.3 Å². The fraction of sp³-hybridized carbons (Fsp3) is 0.214. The number of nitrogens with zero attached hydrogens (tertiary/aromatic N) is 2. The molecular formula is C14H13N3OS. The maximum atomic E-state index is 12.0. The predicted octanol–water partition coefficient (Wildman–Crippen LogP) is 2.38. The van der Waals surface area contributed by atoms with Gasteiger partial charge < -0.3 is 5.32 Å². The van der Waals surface area contributed by atoms with Gasteiger partial charge in [-0.1, -0.05) is 30.3 Å². The van der Waals surface area contributed by atoms with Crippen LogP contribution >= 0.6 is 11.3 Å². The second kappa shape index (κ2) is 6.12. The Morgan fingerprint density at radius 2 is 2.21 bits per heavy atom. The summed E-state index contributed by atoms with van der Waals surface area (Å²) in [6, 6.07) is 11.6. The van der Waals surface area contributed by atoms with Crippen LogP contribution in [0.1, 0.15) is 22.2 Å². The summed E-state index contributed by atoms with van der Waals surface area (Å²) in [5.74, 6) is -1.14. The number of amides is 1. The second-order valence-corrected chi connectivity index (χ2v) is 4.98. The average Bonchev–Trinajstić information content (AvgIpc) is 2.85. The lowest BCUT2D eigenvalue weighted by atomic mass is 10.1. The minimum atomic E-state index is -0.831. The van der Waals surface area contributed by atoms with E-state index in [0.717, 1.165) is 11.3 Å². The molecule has 0 aliphatic rings. The second-order valence-electron chi connectivity index (χ2n) is 4.09. The van der Waals surface area contributed by atoms with E-state index in [1.165, 1.54) is 11.3 Å². The Kier molecular flexibility index (Phi) is 4.26. The Balaban J connectivity index is 2.00. The Hall–Kier alpha value is -2.19. The molecule has 0 aliphatic carbocycles. The topological polar surface area (TPSA) is 65.8 Å². The van der Waals surface area contributed by atoms with Crippen molar-refractivity contribution in [2.75, 3.05) is 0 Å². The maximum Gasteiger partial charge on any atom is 0.244 e. The third kappa shape index (κ3) is 3.39. The van der Waals surface area contributed by atoms with Crippen LogP contribution in [-0.4, -0.2) is 10.9 Å². The van der Waals surface area contributed by atoms with E-state index in [1.807, 2.05) is 48.7 Å². The molecule has 2 aromatic rings. The van der Waals surface area contributed by atoms with Crippen LogP contribution in [-0.2, 0) is 11.3 Å². The first kappa shape index (κ1) is 13.2. The molecule has 0 unspecified atom stereocenters. The number of aromatic nitrogens is 1. The zero-order valence-electron chi connectivity index (χ0n) is 10.5. The summed E-state index contributed by atoms with van der Waals surface area (Å²) >= 11 is 1.34. The van der Waals surface area contributed by atoms with Gasteiger partial charge in [-0.2, -0.15) is 5.26 Å². The van der Waals surface area contributed by atoms with Crippen LogP contribution in [0.3, 0.4) is 0 Å². The molecule has 0 saturated heterocycles. The molecule has 19 heavy (non-hydrogen) atoms. The van der Waals surface area contributed by atoms with Gasteiger partial charge in [0.1, 0.15) is 5.01 Å². The largest absolute Gasteiger partial charge is 0.351 e. The normalized spacial score (nSPS) is 11.6. The van der Waals surface area contributed by atoms with Gasteiger partial charge in [-0.05, 0) is 12.5 Å². The first-order valence-corrected chi connectivity index (χ1v) is 6.72. The number of carbonyl (C=O) groups excluding carboxylic acids is 1. The van der Waals surface area contributed by atoms with Crippen molar-refractivity contribution in [2.45, 2.75) is 19.4 Å². The van der Waals surface area contributed by atoms with Gasteiger partial charge in [-0.3, -0.25) is 4.79 Å². The summed E-state index contributed by atoms with van der Waals surface area (Å²) in [6.07, 6.45) is 0.